The highest BCUT2D eigenvalue weighted by atomic mass is 32.2. The van der Waals surface area contributed by atoms with Crippen LogP contribution in [0.4, 0.5) is 0 Å². The molecule has 16 heavy (non-hydrogen) atoms. The summed E-state index contributed by atoms with van der Waals surface area (Å²) in [6.07, 6.45) is 5.46. The first-order valence-electron chi connectivity index (χ1n) is 6.26. The van der Waals surface area contributed by atoms with Crippen molar-refractivity contribution in [2.24, 2.45) is 5.73 Å². The highest BCUT2D eigenvalue weighted by Crippen LogP contribution is 2.41. The number of hydrogen-bond acceptors (Lipinski definition) is 3. The molecule has 0 amide bonds. The van der Waals surface area contributed by atoms with Gasteiger partial charge in [0.1, 0.15) is 4.75 Å². The van der Waals surface area contributed by atoms with Crippen molar-refractivity contribution in [2.75, 3.05) is 13.1 Å². The zero-order chi connectivity index (χ0) is 11.8. The van der Waals surface area contributed by atoms with Crippen LogP contribution in [-0.4, -0.2) is 36.6 Å². The van der Waals surface area contributed by atoms with Gasteiger partial charge in [-0.25, -0.2) is 12.7 Å². The van der Waals surface area contributed by atoms with Crippen molar-refractivity contribution in [1.29, 1.82) is 0 Å². The van der Waals surface area contributed by atoms with E-state index in [1.807, 2.05) is 6.92 Å². The molecule has 2 fully saturated rings. The van der Waals surface area contributed by atoms with Gasteiger partial charge < -0.3 is 5.73 Å². The number of nitrogens with zero attached hydrogens (tertiary/aromatic N) is 1. The van der Waals surface area contributed by atoms with Gasteiger partial charge >= 0.3 is 0 Å². The van der Waals surface area contributed by atoms with Crippen LogP contribution in [0.25, 0.3) is 0 Å². The number of rotatable bonds is 3. The van der Waals surface area contributed by atoms with Gasteiger partial charge in [-0.15, -0.1) is 0 Å². The Morgan fingerprint density at radius 3 is 2.06 bits per heavy atom. The summed E-state index contributed by atoms with van der Waals surface area (Å²) >= 11 is 0. The van der Waals surface area contributed by atoms with E-state index < -0.39 is 14.8 Å². The minimum absolute atomic E-state index is 0.263. The third-order valence-electron chi connectivity index (χ3n) is 4.20. The largest absolute Gasteiger partial charge is 0.326 e. The maximum Gasteiger partial charge on any atom is 0.221 e. The molecular weight excluding hydrogens is 224 g/mol. The predicted octanol–water partition coefficient (Wildman–Crippen LogP) is 1.07. The second-order valence-electron chi connectivity index (χ2n) is 5.17. The first-order valence-corrected chi connectivity index (χ1v) is 7.70. The molecule has 2 aliphatic rings. The summed E-state index contributed by atoms with van der Waals surface area (Å²) in [5, 5.41) is 0. The molecule has 2 rings (SSSR count). The fraction of sp³-hybridized carbons (Fsp3) is 1.00. The van der Waals surface area contributed by atoms with Crippen LogP contribution in [-0.2, 0) is 10.0 Å². The first kappa shape index (κ1) is 12.3. The molecule has 1 saturated heterocycles. The molecule has 1 aliphatic heterocycles. The van der Waals surface area contributed by atoms with Crippen LogP contribution in [0.2, 0.25) is 0 Å². The van der Waals surface area contributed by atoms with E-state index in [1.54, 1.807) is 4.31 Å². The smallest absolute Gasteiger partial charge is 0.221 e. The standard InChI is InChI=1S/C11H22N2O2S/c1-10(12)11(6-2-3-7-11)16(14,15)13-8-4-5-9-13/h10H,2-9,12H2,1H3. The molecule has 0 aromatic heterocycles. The van der Waals surface area contributed by atoms with Crippen molar-refractivity contribution in [1.82, 2.24) is 4.31 Å². The van der Waals surface area contributed by atoms with E-state index in [4.69, 9.17) is 5.73 Å². The lowest BCUT2D eigenvalue weighted by molar-refractivity contribution is 0.397. The average Bonchev–Trinajstić information content (AvgIpc) is 2.90. The molecule has 0 bridgehead atoms. The van der Waals surface area contributed by atoms with E-state index in [0.717, 1.165) is 38.5 Å². The average molecular weight is 246 g/mol. The summed E-state index contributed by atoms with van der Waals surface area (Å²) in [4.78, 5) is 0. The van der Waals surface area contributed by atoms with Gasteiger partial charge in [-0.05, 0) is 32.6 Å². The topological polar surface area (TPSA) is 63.4 Å². The lowest BCUT2D eigenvalue weighted by Crippen LogP contribution is -2.55. The second-order valence-corrected chi connectivity index (χ2v) is 7.45. The van der Waals surface area contributed by atoms with Gasteiger partial charge in [0.25, 0.3) is 0 Å². The second kappa shape index (κ2) is 4.27. The van der Waals surface area contributed by atoms with E-state index in [-0.39, 0.29) is 6.04 Å². The molecule has 0 aromatic carbocycles. The minimum atomic E-state index is -3.19. The molecule has 1 saturated carbocycles. The Hall–Kier alpha value is -0.130. The first-order chi connectivity index (χ1) is 7.51. The molecule has 0 spiro atoms. The molecule has 94 valence electrons. The fourth-order valence-corrected chi connectivity index (χ4v) is 5.63. The van der Waals surface area contributed by atoms with Gasteiger partial charge in [0.2, 0.25) is 10.0 Å². The van der Waals surface area contributed by atoms with Crippen molar-refractivity contribution in [2.45, 2.75) is 56.2 Å². The van der Waals surface area contributed by atoms with E-state index in [9.17, 15) is 8.42 Å². The van der Waals surface area contributed by atoms with Crippen molar-refractivity contribution in [3.63, 3.8) is 0 Å². The minimum Gasteiger partial charge on any atom is -0.326 e. The zero-order valence-corrected chi connectivity index (χ0v) is 10.8. The normalized spacial score (nSPS) is 28.4. The molecule has 2 N–H and O–H groups in total. The third kappa shape index (κ3) is 1.69. The third-order valence-corrected chi connectivity index (χ3v) is 7.05. The number of sulfonamides is 1. The molecule has 5 heteroatoms. The van der Waals surface area contributed by atoms with Gasteiger partial charge in [-0.1, -0.05) is 12.8 Å². The Morgan fingerprint density at radius 1 is 1.12 bits per heavy atom. The van der Waals surface area contributed by atoms with Crippen LogP contribution in [0, 0.1) is 0 Å². The maximum atomic E-state index is 12.6. The number of hydrogen-bond donors (Lipinski definition) is 1. The van der Waals surface area contributed by atoms with Crippen molar-refractivity contribution in [3.8, 4) is 0 Å². The van der Waals surface area contributed by atoms with Gasteiger partial charge in [-0.2, -0.15) is 0 Å². The maximum absolute atomic E-state index is 12.6. The molecular formula is C11H22N2O2S. The van der Waals surface area contributed by atoms with Crippen LogP contribution < -0.4 is 5.73 Å². The lowest BCUT2D eigenvalue weighted by atomic mass is 9.99. The van der Waals surface area contributed by atoms with E-state index in [0.29, 0.717) is 13.1 Å². The highest BCUT2D eigenvalue weighted by Gasteiger charge is 2.51. The SMILES string of the molecule is CC(N)C1(S(=O)(=O)N2CCCC2)CCCC1. The van der Waals surface area contributed by atoms with Gasteiger partial charge in [0, 0.05) is 19.1 Å². The van der Waals surface area contributed by atoms with E-state index in [1.165, 1.54) is 0 Å². The zero-order valence-electron chi connectivity index (χ0n) is 9.98. The molecule has 1 unspecified atom stereocenters. The van der Waals surface area contributed by atoms with Crippen molar-refractivity contribution < 1.29 is 8.42 Å². The summed E-state index contributed by atoms with van der Waals surface area (Å²) in [6, 6.07) is -0.263. The molecule has 1 heterocycles. The summed E-state index contributed by atoms with van der Waals surface area (Å²) in [6.45, 7) is 3.23. The molecule has 0 aromatic rings. The highest BCUT2D eigenvalue weighted by molar-refractivity contribution is 7.90. The van der Waals surface area contributed by atoms with Crippen molar-refractivity contribution >= 4 is 10.0 Å². The number of nitrogens with two attached hydrogens (primary N) is 1. The van der Waals surface area contributed by atoms with Crippen LogP contribution in [0.5, 0.6) is 0 Å². The predicted molar refractivity (Wildman–Crippen MR) is 64.6 cm³/mol. The van der Waals surface area contributed by atoms with Crippen LogP contribution in [0.1, 0.15) is 45.4 Å². The molecule has 0 radical (unpaired) electrons. The Morgan fingerprint density at radius 2 is 1.62 bits per heavy atom. The van der Waals surface area contributed by atoms with E-state index >= 15 is 0 Å². The molecule has 4 nitrogen and oxygen atoms in total. The molecule has 1 aliphatic carbocycles. The van der Waals surface area contributed by atoms with Gasteiger partial charge in [-0.3, -0.25) is 0 Å². The Kier molecular flexibility index (Phi) is 3.29. The van der Waals surface area contributed by atoms with Gasteiger partial charge in [0.05, 0.1) is 0 Å². The van der Waals surface area contributed by atoms with Crippen LogP contribution in [0.3, 0.4) is 0 Å². The van der Waals surface area contributed by atoms with Crippen molar-refractivity contribution in [3.05, 3.63) is 0 Å². The molecule has 1 atom stereocenters. The fourth-order valence-electron chi connectivity index (χ4n) is 3.11. The van der Waals surface area contributed by atoms with Gasteiger partial charge in [0.15, 0.2) is 0 Å². The van der Waals surface area contributed by atoms with E-state index in [2.05, 4.69) is 0 Å². The quantitative estimate of drug-likeness (QED) is 0.810. The lowest BCUT2D eigenvalue weighted by Gasteiger charge is -2.36. The van der Waals surface area contributed by atoms with Crippen LogP contribution in [0.15, 0.2) is 0 Å². The monoisotopic (exact) mass is 246 g/mol. The Labute approximate surface area is 98.2 Å². The summed E-state index contributed by atoms with van der Waals surface area (Å²) in [5.74, 6) is 0. The summed E-state index contributed by atoms with van der Waals surface area (Å²) in [7, 11) is -3.19. The van der Waals surface area contributed by atoms with Crippen LogP contribution >= 0.6 is 0 Å². The Bertz CT molecular complexity index is 339. The summed E-state index contributed by atoms with van der Waals surface area (Å²) in [5.41, 5.74) is 5.98. The summed E-state index contributed by atoms with van der Waals surface area (Å²) < 4.78 is 26.3. The Balaban J connectivity index is 2.32.